The zero-order chi connectivity index (χ0) is 36.6. The summed E-state index contributed by atoms with van der Waals surface area (Å²) >= 11 is 5.93. The number of amides is 2. The standard InChI is InChI=1S/C35H37ClN2O12/c1-19(39)38-30-28(47-20(2)40)16-35(34(44)45,46-18-23-9-10-24-7-5-6-8-26(24)15-23)50-32(30)31(49-22(4)42)29(48-21(3)41)17-37-33(43)25-11-13-27(36)14-12-25/h5-15,28-32H,16-18H2,1-4H3,(H,37,43)(H,38,39)(H,44,45)/t28-,29+,30+,31+,32+,35+/m0/s1. The third-order valence-electron chi connectivity index (χ3n) is 7.73. The lowest BCUT2D eigenvalue weighted by Gasteiger charge is -2.48. The van der Waals surface area contributed by atoms with Crippen molar-refractivity contribution in [2.24, 2.45) is 0 Å². The second kappa shape index (κ2) is 16.6. The Morgan fingerprint density at radius 2 is 1.56 bits per heavy atom. The minimum atomic E-state index is -2.54. The number of carbonyl (C=O) groups excluding carboxylic acids is 5. The molecule has 0 aliphatic carbocycles. The summed E-state index contributed by atoms with van der Waals surface area (Å²) in [5, 5.41) is 18.0. The van der Waals surface area contributed by atoms with Gasteiger partial charge >= 0.3 is 23.9 Å². The Kier molecular flexibility index (Phi) is 12.5. The molecule has 3 aromatic carbocycles. The maximum atomic E-state index is 13.1. The quantitative estimate of drug-likeness (QED) is 0.173. The average Bonchev–Trinajstić information content (AvgIpc) is 3.05. The first-order chi connectivity index (χ1) is 23.7. The molecule has 3 aromatic rings. The number of aliphatic carboxylic acids is 1. The first kappa shape index (κ1) is 37.8. The highest BCUT2D eigenvalue weighted by atomic mass is 35.5. The van der Waals surface area contributed by atoms with Crippen LogP contribution in [-0.2, 0) is 54.3 Å². The number of rotatable bonds is 13. The topological polar surface area (TPSA) is 193 Å². The normalized spacial score (nSPS) is 21.3. The van der Waals surface area contributed by atoms with Gasteiger partial charge in [-0.3, -0.25) is 24.0 Å². The van der Waals surface area contributed by atoms with Crippen molar-refractivity contribution in [3.63, 3.8) is 0 Å². The fraction of sp³-hybridized carbons (Fsp3) is 0.371. The Morgan fingerprint density at radius 3 is 2.16 bits per heavy atom. The number of hydrogen-bond acceptors (Lipinski definition) is 11. The molecular weight excluding hydrogens is 676 g/mol. The lowest BCUT2D eigenvalue weighted by molar-refractivity contribution is -0.315. The van der Waals surface area contributed by atoms with Crippen LogP contribution in [-0.4, -0.2) is 83.6 Å². The van der Waals surface area contributed by atoms with Gasteiger partial charge in [0, 0.05) is 38.3 Å². The van der Waals surface area contributed by atoms with Crippen LogP contribution in [0, 0.1) is 0 Å². The third kappa shape index (κ3) is 9.77. The van der Waals surface area contributed by atoms with E-state index in [1.54, 1.807) is 12.1 Å². The number of ether oxygens (including phenoxy) is 5. The molecule has 0 unspecified atom stereocenters. The van der Waals surface area contributed by atoms with Crippen molar-refractivity contribution in [1.82, 2.24) is 10.6 Å². The van der Waals surface area contributed by atoms with Crippen molar-refractivity contribution in [3.8, 4) is 0 Å². The predicted molar refractivity (Wildman–Crippen MR) is 177 cm³/mol. The fourth-order valence-corrected chi connectivity index (χ4v) is 5.78. The number of carboxylic acid groups (broad SMARTS) is 1. The molecule has 1 fully saturated rings. The van der Waals surface area contributed by atoms with Gasteiger partial charge in [-0.25, -0.2) is 4.79 Å². The number of carbonyl (C=O) groups is 6. The molecule has 266 valence electrons. The first-order valence-electron chi connectivity index (χ1n) is 15.5. The number of fused-ring (bicyclic) bond motifs is 1. The molecule has 0 aromatic heterocycles. The van der Waals surface area contributed by atoms with Crippen molar-refractivity contribution in [3.05, 3.63) is 82.9 Å². The van der Waals surface area contributed by atoms with E-state index in [4.69, 9.17) is 35.3 Å². The zero-order valence-corrected chi connectivity index (χ0v) is 28.4. The third-order valence-corrected chi connectivity index (χ3v) is 7.98. The molecule has 2 amide bonds. The molecule has 1 aliphatic heterocycles. The molecule has 0 bridgehead atoms. The predicted octanol–water partition coefficient (Wildman–Crippen LogP) is 3.31. The summed E-state index contributed by atoms with van der Waals surface area (Å²) < 4.78 is 28.8. The van der Waals surface area contributed by atoms with Gasteiger partial charge < -0.3 is 39.4 Å². The minimum Gasteiger partial charge on any atom is -0.477 e. The van der Waals surface area contributed by atoms with E-state index in [1.165, 1.54) is 24.3 Å². The SMILES string of the molecule is CC(=O)N[C@H]1[C@H]([C@H](OC(C)=O)[C@@H](CNC(=O)c2ccc(Cl)cc2)OC(C)=O)O[C@@](OCc2ccc3ccccc3c2)(C(=O)O)C[C@@H]1OC(C)=O. The Bertz CT molecular complexity index is 1750. The molecule has 0 saturated carbocycles. The van der Waals surface area contributed by atoms with E-state index in [1.807, 2.05) is 30.3 Å². The average molecular weight is 713 g/mol. The van der Waals surface area contributed by atoms with E-state index in [-0.39, 0.29) is 12.2 Å². The highest BCUT2D eigenvalue weighted by Crippen LogP contribution is 2.37. The van der Waals surface area contributed by atoms with Crippen LogP contribution in [0.2, 0.25) is 5.02 Å². The number of benzene rings is 3. The molecule has 6 atom stereocenters. The van der Waals surface area contributed by atoms with E-state index in [9.17, 15) is 33.9 Å². The van der Waals surface area contributed by atoms with Crippen LogP contribution in [0.5, 0.6) is 0 Å². The van der Waals surface area contributed by atoms with Crippen LogP contribution < -0.4 is 10.6 Å². The highest BCUT2D eigenvalue weighted by molar-refractivity contribution is 6.30. The Labute approximate surface area is 292 Å². The zero-order valence-electron chi connectivity index (χ0n) is 27.7. The molecule has 3 N–H and O–H groups in total. The van der Waals surface area contributed by atoms with Crippen LogP contribution in [0.4, 0.5) is 0 Å². The van der Waals surface area contributed by atoms with E-state index in [0.717, 1.165) is 38.5 Å². The van der Waals surface area contributed by atoms with Gasteiger partial charge in [0.25, 0.3) is 11.7 Å². The number of carboxylic acids is 1. The minimum absolute atomic E-state index is 0.201. The van der Waals surface area contributed by atoms with Crippen LogP contribution in [0.1, 0.15) is 50.0 Å². The number of halogens is 1. The Hall–Kier alpha value is -5.05. The van der Waals surface area contributed by atoms with Crippen LogP contribution >= 0.6 is 11.6 Å². The van der Waals surface area contributed by atoms with Gasteiger partial charge in [0.2, 0.25) is 5.91 Å². The summed E-state index contributed by atoms with van der Waals surface area (Å²) in [6.45, 7) is 3.61. The van der Waals surface area contributed by atoms with Gasteiger partial charge in [0.1, 0.15) is 12.2 Å². The van der Waals surface area contributed by atoms with Crippen LogP contribution in [0.25, 0.3) is 10.8 Å². The van der Waals surface area contributed by atoms with Crippen molar-refractivity contribution < 1.29 is 57.6 Å². The maximum Gasteiger partial charge on any atom is 0.364 e. The van der Waals surface area contributed by atoms with Crippen LogP contribution in [0.3, 0.4) is 0 Å². The first-order valence-corrected chi connectivity index (χ1v) is 15.9. The van der Waals surface area contributed by atoms with Gasteiger partial charge in [-0.05, 0) is 46.7 Å². The molecule has 1 heterocycles. The molecule has 0 spiro atoms. The molecule has 1 aliphatic rings. The fourth-order valence-electron chi connectivity index (χ4n) is 5.66. The van der Waals surface area contributed by atoms with Gasteiger partial charge in [-0.2, -0.15) is 0 Å². The summed E-state index contributed by atoms with van der Waals surface area (Å²) in [6.07, 6.45) is -6.92. The van der Waals surface area contributed by atoms with Crippen molar-refractivity contribution >= 4 is 58.1 Å². The molecule has 4 rings (SSSR count). The summed E-state index contributed by atoms with van der Waals surface area (Å²) in [5.41, 5.74) is 0.781. The molecule has 1 saturated heterocycles. The molecule has 50 heavy (non-hydrogen) atoms. The van der Waals surface area contributed by atoms with Gasteiger partial charge in [0.05, 0.1) is 25.6 Å². The number of nitrogens with one attached hydrogen (secondary N) is 2. The van der Waals surface area contributed by atoms with E-state index < -0.39 is 84.9 Å². The van der Waals surface area contributed by atoms with Crippen molar-refractivity contribution in [2.75, 3.05) is 6.54 Å². The van der Waals surface area contributed by atoms with E-state index >= 15 is 0 Å². The molecule has 15 heteroatoms. The van der Waals surface area contributed by atoms with Gasteiger partial charge in [0.15, 0.2) is 12.2 Å². The van der Waals surface area contributed by atoms with Crippen molar-refractivity contribution in [2.45, 2.75) is 77.0 Å². The smallest absolute Gasteiger partial charge is 0.364 e. The van der Waals surface area contributed by atoms with Crippen LogP contribution in [0.15, 0.2) is 66.7 Å². The molecule has 14 nitrogen and oxygen atoms in total. The second-order valence-corrected chi connectivity index (χ2v) is 12.1. The Morgan fingerprint density at radius 1 is 0.900 bits per heavy atom. The monoisotopic (exact) mass is 712 g/mol. The maximum absolute atomic E-state index is 13.1. The highest BCUT2D eigenvalue weighted by Gasteiger charge is 2.58. The number of esters is 3. The van der Waals surface area contributed by atoms with Gasteiger partial charge in [-0.1, -0.05) is 48.0 Å². The summed E-state index contributed by atoms with van der Waals surface area (Å²) in [5.74, 6) is -8.00. The summed E-state index contributed by atoms with van der Waals surface area (Å²) in [4.78, 5) is 75.8. The van der Waals surface area contributed by atoms with Gasteiger partial charge in [-0.15, -0.1) is 0 Å². The summed E-state index contributed by atoms with van der Waals surface area (Å²) in [6, 6.07) is 17.4. The molecule has 0 radical (unpaired) electrons. The summed E-state index contributed by atoms with van der Waals surface area (Å²) in [7, 11) is 0. The Balaban J connectivity index is 1.76. The van der Waals surface area contributed by atoms with E-state index in [2.05, 4.69) is 10.6 Å². The van der Waals surface area contributed by atoms with E-state index in [0.29, 0.717) is 10.6 Å². The second-order valence-electron chi connectivity index (χ2n) is 11.6. The largest absolute Gasteiger partial charge is 0.477 e. The lowest BCUT2D eigenvalue weighted by Crippen LogP contribution is -2.69. The molecular formula is C35H37ClN2O12. The van der Waals surface area contributed by atoms with Crippen molar-refractivity contribution in [1.29, 1.82) is 0 Å². The number of hydrogen-bond donors (Lipinski definition) is 3. The lowest BCUT2D eigenvalue weighted by atomic mass is 9.87.